The van der Waals surface area contributed by atoms with Crippen LogP contribution in [0.4, 0.5) is 5.69 Å². The second-order valence-corrected chi connectivity index (χ2v) is 5.85. The molecule has 1 amide bonds. The van der Waals surface area contributed by atoms with E-state index >= 15 is 0 Å². The second kappa shape index (κ2) is 9.05. The van der Waals surface area contributed by atoms with Crippen LogP contribution in [-0.2, 0) is 4.79 Å². The zero-order valence-electron chi connectivity index (χ0n) is 14.9. The molecule has 0 atom stereocenters. The highest BCUT2D eigenvalue weighted by Gasteiger charge is 2.07. The van der Waals surface area contributed by atoms with E-state index in [1.54, 1.807) is 18.2 Å². The van der Waals surface area contributed by atoms with Crippen molar-refractivity contribution < 1.29 is 9.72 Å². The van der Waals surface area contributed by atoms with Crippen molar-refractivity contribution >= 4 is 23.4 Å². The molecule has 0 saturated carbocycles. The number of non-ortho nitro benzene ring substituents is 1. The number of nitrogens with zero attached hydrogens (tertiary/aromatic N) is 2. The summed E-state index contributed by atoms with van der Waals surface area (Å²) in [6, 6.07) is 25.1. The summed E-state index contributed by atoms with van der Waals surface area (Å²) in [6.45, 7) is 0. The van der Waals surface area contributed by atoms with Gasteiger partial charge in [0.2, 0.25) is 0 Å². The molecule has 0 unspecified atom stereocenters. The lowest BCUT2D eigenvalue weighted by Crippen LogP contribution is -2.18. The highest BCUT2D eigenvalue weighted by molar-refractivity contribution is 6.13. The van der Waals surface area contributed by atoms with Gasteiger partial charge in [0, 0.05) is 29.3 Å². The number of nitro groups is 1. The number of rotatable bonds is 6. The van der Waals surface area contributed by atoms with Crippen molar-refractivity contribution in [1.82, 2.24) is 5.43 Å². The van der Waals surface area contributed by atoms with Gasteiger partial charge in [-0.15, -0.1) is 0 Å². The molecule has 3 aromatic rings. The van der Waals surface area contributed by atoms with Gasteiger partial charge in [0.1, 0.15) is 0 Å². The SMILES string of the molecule is O=C(C=Cc1ccc([N+](=O)[O-])cc1)NN=C(c1ccccc1)c1ccccc1. The Morgan fingerprint density at radius 1 is 0.857 bits per heavy atom. The fraction of sp³-hybridized carbons (Fsp3) is 0. The van der Waals surface area contributed by atoms with E-state index in [0.29, 0.717) is 11.3 Å². The van der Waals surface area contributed by atoms with Crippen molar-refractivity contribution in [3.05, 3.63) is 118 Å². The topological polar surface area (TPSA) is 84.6 Å². The van der Waals surface area contributed by atoms with E-state index in [4.69, 9.17) is 0 Å². The number of carbonyl (C=O) groups excluding carboxylic acids is 1. The molecule has 3 rings (SSSR count). The number of carbonyl (C=O) groups is 1. The molecule has 0 spiro atoms. The molecule has 0 heterocycles. The molecule has 0 aromatic heterocycles. The molecule has 6 heteroatoms. The number of nitro benzene ring substituents is 1. The molecule has 6 nitrogen and oxygen atoms in total. The molecule has 0 fully saturated rings. The summed E-state index contributed by atoms with van der Waals surface area (Å²) in [5, 5.41) is 15.0. The molecule has 138 valence electrons. The van der Waals surface area contributed by atoms with Crippen LogP contribution in [-0.4, -0.2) is 16.5 Å². The Morgan fingerprint density at radius 2 is 1.39 bits per heavy atom. The Bertz CT molecular complexity index is 970. The maximum Gasteiger partial charge on any atom is 0.269 e. The number of hydrogen-bond acceptors (Lipinski definition) is 4. The molecule has 3 aromatic carbocycles. The van der Waals surface area contributed by atoms with Gasteiger partial charge in [0.05, 0.1) is 10.6 Å². The van der Waals surface area contributed by atoms with Gasteiger partial charge in [-0.3, -0.25) is 14.9 Å². The van der Waals surface area contributed by atoms with E-state index in [9.17, 15) is 14.9 Å². The Labute approximate surface area is 162 Å². The van der Waals surface area contributed by atoms with E-state index < -0.39 is 10.8 Å². The maximum absolute atomic E-state index is 12.1. The first-order chi connectivity index (χ1) is 13.6. The predicted octanol–water partition coefficient (Wildman–Crippen LogP) is 4.18. The molecule has 28 heavy (non-hydrogen) atoms. The normalized spacial score (nSPS) is 10.4. The Kier molecular flexibility index (Phi) is 6.05. The van der Waals surface area contributed by atoms with E-state index in [1.807, 2.05) is 60.7 Å². The number of benzene rings is 3. The summed E-state index contributed by atoms with van der Waals surface area (Å²) in [7, 11) is 0. The van der Waals surface area contributed by atoms with Crippen molar-refractivity contribution in [2.24, 2.45) is 5.10 Å². The zero-order chi connectivity index (χ0) is 19.8. The van der Waals surface area contributed by atoms with Crippen LogP contribution in [0.3, 0.4) is 0 Å². The van der Waals surface area contributed by atoms with Gasteiger partial charge in [0.25, 0.3) is 11.6 Å². The molecule has 0 aliphatic carbocycles. The van der Waals surface area contributed by atoms with Gasteiger partial charge in [-0.05, 0) is 23.8 Å². The minimum absolute atomic E-state index is 0.00145. The molecule has 0 aliphatic rings. The summed E-state index contributed by atoms with van der Waals surface area (Å²) in [5.41, 5.74) is 5.63. The van der Waals surface area contributed by atoms with E-state index in [2.05, 4.69) is 10.5 Å². The molecule has 0 bridgehead atoms. The third-order valence-corrected chi connectivity index (χ3v) is 3.90. The summed E-state index contributed by atoms with van der Waals surface area (Å²) in [5.74, 6) is -0.400. The fourth-order valence-electron chi connectivity index (χ4n) is 2.52. The van der Waals surface area contributed by atoms with Crippen LogP contribution in [0, 0.1) is 10.1 Å². The number of hydrazone groups is 1. The van der Waals surface area contributed by atoms with Crippen molar-refractivity contribution in [1.29, 1.82) is 0 Å². The van der Waals surface area contributed by atoms with E-state index in [1.165, 1.54) is 18.2 Å². The fourth-order valence-corrected chi connectivity index (χ4v) is 2.52. The van der Waals surface area contributed by atoms with Gasteiger partial charge in [-0.2, -0.15) is 5.10 Å². The average molecular weight is 371 g/mol. The van der Waals surface area contributed by atoms with Crippen LogP contribution in [0.2, 0.25) is 0 Å². The molecule has 0 radical (unpaired) electrons. The predicted molar refractivity (Wildman–Crippen MR) is 109 cm³/mol. The molecular formula is C22H17N3O3. The van der Waals surface area contributed by atoms with Gasteiger partial charge >= 0.3 is 0 Å². The van der Waals surface area contributed by atoms with Gasteiger partial charge in [0.15, 0.2) is 0 Å². The number of nitrogens with one attached hydrogen (secondary N) is 1. The van der Waals surface area contributed by atoms with Crippen LogP contribution in [0.5, 0.6) is 0 Å². The Hall–Kier alpha value is -4.06. The van der Waals surface area contributed by atoms with Crippen molar-refractivity contribution in [3.8, 4) is 0 Å². The van der Waals surface area contributed by atoms with Crippen LogP contribution >= 0.6 is 0 Å². The second-order valence-electron chi connectivity index (χ2n) is 5.85. The van der Waals surface area contributed by atoms with E-state index in [-0.39, 0.29) is 5.69 Å². The quantitative estimate of drug-likeness (QED) is 0.305. The largest absolute Gasteiger partial charge is 0.269 e. The van der Waals surface area contributed by atoms with Crippen molar-refractivity contribution in [3.63, 3.8) is 0 Å². The summed E-state index contributed by atoms with van der Waals surface area (Å²) >= 11 is 0. The Balaban J connectivity index is 1.75. The third-order valence-electron chi connectivity index (χ3n) is 3.90. The summed E-state index contributed by atoms with van der Waals surface area (Å²) in [4.78, 5) is 22.3. The minimum atomic E-state index is -0.469. The van der Waals surface area contributed by atoms with Gasteiger partial charge in [-0.1, -0.05) is 60.7 Å². The highest BCUT2D eigenvalue weighted by Crippen LogP contribution is 2.13. The molecular weight excluding hydrogens is 354 g/mol. The highest BCUT2D eigenvalue weighted by atomic mass is 16.6. The van der Waals surface area contributed by atoms with Crippen LogP contribution in [0.1, 0.15) is 16.7 Å². The third kappa shape index (κ3) is 4.98. The van der Waals surface area contributed by atoms with Crippen LogP contribution in [0.25, 0.3) is 6.08 Å². The minimum Gasteiger partial charge on any atom is -0.268 e. The first-order valence-electron chi connectivity index (χ1n) is 8.54. The van der Waals surface area contributed by atoms with Crippen LogP contribution < -0.4 is 5.43 Å². The summed E-state index contributed by atoms with van der Waals surface area (Å²) in [6.07, 6.45) is 2.90. The van der Waals surface area contributed by atoms with Crippen molar-refractivity contribution in [2.75, 3.05) is 0 Å². The molecule has 1 N–H and O–H groups in total. The zero-order valence-corrected chi connectivity index (χ0v) is 14.9. The summed E-state index contributed by atoms with van der Waals surface area (Å²) < 4.78 is 0. The lowest BCUT2D eigenvalue weighted by Gasteiger charge is -2.07. The average Bonchev–Trinajstić information content (AvgIpc) is 2.74. The first-order valence-corrected chi connectivity index (χ1v) is 8.54. The monoisotopic (exact) mass is 371 g/mol. The van der Waals surface area contributed by atoms with Crippen LogP contribution in [0.15, 0.2) is 96.1 Å². The smallest absolute Gasteiger partial charge is 0.268 e. The van der Waals surface area contributed by atoms with Gasteiger partial charge in [-0.25, -0.2) is 5.43 Å². The maximum atomic E-state index is 12.1. The van der Waals surface area contributed by atoms with Gasteiger partial charge < -0.3 is 0 Å². The standard InChI is InChI=1S/C22H17N3O3/c26-21(16-13-17-11-14-20(15-12-17)25(27)28)23-24-22(18-7-3-1-4-8-18)19-9-5-2-6-10-19/h1-16H,(H,23,26). The Morgan fingerprint density at radius 3 is 1.89 bits per heavy atom. The lowest BCUT2D eigenvalue weighted by molar-refractivity contribution is -0.384. The lowest BCUT2D eigenvalue weighted by atomic mass is 10.0. The number of amides is 1. The molecule has 0 saturated heterocycles. The molecule has 0 aliphatic heterocycles. The number of hydrogen-bond donors (Lipinski definition) is 1. The first kappa shape index (κ1) is 18.7. The van der Waals surface area contributed by atoms with E-state index in [0.717, 1.165) is 11.1 Å². The van der Waals surface area contributed by atoms with Crippen molar-refractivity contribution in [2.45, 2.75) is 0 Å².